The number of fused-ring (bicyclic) bond motifs is 1. The molecule has 0 aliphatic heterocycles. The Balaban J connectivity index is 2.51. The fourth-order valence-electron chi connectivity index (χ4n) is 1.72. The van der Waals surface area contributed by atoms with Gasteiger partial charge in [-0.25, -0.2) is 4.39 Å². The highest BCUT2D eigenvalue weighted by atomic mass is 19.1. The molecule has 0 saturated heterocycles. The molecule has 1 aromatic heterocycles. The van der Waals surface area contributed by atoms with E-state index in [2.05, 4.69) is 5.32 Å². The lowest BCUT2D eigenvalue weighted by atomic mass is 10.0. The van der Waals surface area contributed by atoms with Crippen LogP contribution in [0.2, 0.25) is 0 Å². The summed E-state index contributed by atoms with van der Waals surface area (Å²) in [4.78, 5) is 0. The summed E-state index contributed by atoms with van der Waals surface area (Å²) in [6, 6.07) is 6.36. The summed E-state index contributed by atoms with van der Waals surface area (Å²) in [6.07, 6.45) is 0. The van der Waals surface area contributed by atoms with Crippen molar-refractivity contribution in [1.82, 2.24) is 5.32 Å². The van der Waals surface area contributed by atoms with Gasteiger partial charge in [0.05, 0.1) is 0 Å². The monoisotopic (exact) mass is 223 g/mol. The molecule has 1 heterocycles. The first-order chi connectivity index (χ1) is 7.54. The van der Waals surface area contributed by atoms with Gasteiger partial charge >= 0.3 is 0 Å². The zero-order valence-electron chi connectivity index (χ0n) is 9.25. The molecule has 4 heteroatoms. The van der Waals surface area contributed by atoms with Gasteiger partial charge in [-0.15, -0.1) is 0 Å². The average Bonchev–Trinajstić information content (AvgIpc) is 2.63. The summed E-state index contributed by atoms with van der Waals surface area (Å²) in [5.74, 6) is -0.0500. The third-order valence-corrected chi connectivity index (χ3v) is 2.55. The quantitative estimate of drug-likeness (QED) is 0.836. The Hall–Kier alpha value is -1.39. The van der Waals surface area contributed by atoms with Gasteiger partial charge in [0.15, 0.2) is 11.4 Å². The van der Waals surface area contributed by atoms with E-state index in [0.29, 0.717) is 17.7 Å². The summed E-state index contributed by atoms with van der Waals surface area (Å²) in [5, 5.41) is 13.6. The van der Waals surface area contributed by atoms with Crippen LogP contribution in [0.5, 0.6) is 0 Å². The Morgan fingerprint density at radius 2 is 2.25 bits per heavy atom. The molecule has 0 bridgehead atoms. The number of hydrogen-bond acceptors (Lipinski definition) is 3. The molecule has 3 nitrogen and oxygen atoms in total. The molecule has 2 aromatic rings. The number of likely N-dealkylation sites (N-methyl/N-ethyl adjacent to an activating group) is 1. The van der Waals surface area contributed by atoms with Crippen LogP contribution in [0.4, 0.5) is 4.39 Å². The van der Waals surface area contributed by atoms with Crippen molar-refractivity contribution in [2.75, 3.05) is 13.6 Å². The maximum Gasteiger partial charge on any atom is 0.170 e. The minimum Gasteiger partial charge on any atom is -0.455 e. The number of nitrogens with one attached hydrogen (secondary N) is 1. The first-order valence-corrected chi connectivity index (χ1v) is 5.10. The van der Waals surface area contributed by atoms with Crippen LogP contribution < -0.4 is 5.32 Å². The minimum atomic E-state index is -1.14. The summed E-state index contributed by atoms with van der Waals surface area (Å²) < 4.78 is 18.7. The van der Waals surface area contributed by atoms with Crippen LogP contribution in [0.25, 0.3) is 11.0 Å². The number of aliphatic hydroxyl groups is 1. The van der Waals surface area contributed by atoms with Crippen LogP contribution in [0.3, 0.4) is 0 Å². The van der Waals surface area contributed by atoms with E-state index in [9.17, 15) is 9.50 Å². The highest BCUT2D eigenvalue weighted by Gasteiger charge is 2.27. The zero-order chi connectivity index (χ0) is 11.8. The predicted molar refractivity (Wildman–Crippen MR) is 59.7 cm³/mol. The van der Waals surface area contributed by atoms with Gasteiger partial charge < -0.3 is 14.8 Å². The van der Waals surface area contributed by atoms with Gasteiger partial charge in [-0.2, -0.15) is 0 Å². The van der Waals surface area contributed by atoms with E-state index >= 15 is 0 Å². The standard InChI is InChI=1S/C12H14FNO2/c1-12(15,7-14-2)10-6-8-4-3-5-9(13)11(8)16-10/h3-6,14-15H,7H2,1-2H3. The molecule has 1 unspecified atom stereocenters. The molecule has 2 rings (SSSR count). The van der Waals surface area contributed by atoms with Crippen LogP contribution >= 0.6 is 0 Å². The first kappa shape index (κ1) is 11.1. The molecule has 0 aliphatic rings. The summed E-state index contributed by atoms with van der Waals surface area (Å²) >= 11 is 0. The number of furan rings is 1. The van der Waals surface area contributed by atoms with Crippen LogP contribution in [-0.2, 0) is 5.60 Å². The molecule has 0 spiro atoms. The topological polar surface area (TPSA) is 45.4 Å². The fraction of sp³-hybridized carbons (Fsp3) is 0.333. The third-order valence-electron chi connectivity index (χ3n) is 2.55. The van der Waals surface area contributed by atoms with Crippen molar-refractivity contribution >= 4 is 11.0 Å². The van der Waals surface area contributed by atoms with Gasteiger partial charge in [0.1, 0.15) is 11.4 Å². The largest absolute Gasteiger partial charge is 0.455 e. The molecule has 86 valence electrons. The first-order valence-electron chi connectivity index (χ1n) is 5.10. The van der Waals surface area contributed by atoms with Crippen LogP contribution in [0.15, 0.2) is 28.7 Å². The summed E-state index contributed by atoms with van der Waals surface area (Å²) in [5.41, 5.74) is -0.950. The summed E-state index contributed by atoms with van der Waals surface area (Å²) in [7, 11) is 1.73. The Morgan fingerprint density at radius 3 is 2.88 bits per heavy atom. The van der Waals surface area contributed by atoms with E-state index in [1.807, 2.05) is 0 Å². The smallest absolute Gasteiger partial charge is 0.170 e. The molecule has 0 aliphatic carbocycles. The normalized spacial score (nSPS) is 15.2. The molecular formula is C12H14FNO2. The van der Waals surface area contributed by atoms with Crippen molar-refractivity contribution in [2.45, 2.75) is 12.5 Å². The van der Waals surface area contributed by atoms with Gasteiger partial charge in [-0.3, -0.25) is 0 Å². The van der Waals surface area contributed by atoms with Crippen molar-refractivity contribution < 1.29 is 13.9 Å². The van der Waals surface area contributed by atoms with Crippen molar-refractivity contribution in [1.29, 1.82) is 0 Å². The van der Waals surface area contributed by atoms with E-state index in [1.165, 1.54) is 6.07 Å². The number of benzene rings is 1. The number of hydrogen-bond donors (Lipinski definition) is 2. The van der Waals surface area contributed by atoms with Gasteiger partial charge in [0, 0.05) is 11.9 Å². The maximum absolute atomic E-state index is 13.4. The Labute approximate surface area is 92.9 Å². The van der Waals surface area contributed by atoms with Gasteiger partial charge in [-0.1, -0.05) is 12.1 Å². The highest BCUT2D eigenvalue weighted by molar-refractivity contribution is 5.78. The van der Waals surface area contributed by atoms with Gasteiger partial charge in [0.2, 0.25) is 0 Å². The second kappa shape index (κ2) is 3.88. The zero-order valence-corrected chi connectivity index (χ0v) is 9.25. The molecule has 0 saturated carbocycles. The highest BCUT2D eigenvalue weighted by Crippen LogP contribution is 2.28. The van der Waals surface area contributed by atoms with E-state index in [4.69, 9.17) is 4.42 Å². The van der Waals surface area contributed by atoms with E-state index < -0.39 is 11.4 Å². The third kappa shape index (κ3) is 1.81. The molecule has 16 heavy (non-hydrogen) atoms. The second-order valence-electron chi connectivity index (χ2n) is 4.07. The molecule has 0 amide bonds. The van der Waals surface area contributed by atoms with Crippen LogP contribution in [-0.4, -0.2) is 18.7 Å². The Bertz CT molecular complexity index is 505. The number of para-hydroxylation sites is 1. The van der Waals surface area contributed by atoms with Gasteiger partial charge in [-0.05, 0) is 26.1 Å². The van der Waals surface area contributed by atoms with Crippen molar-refractivity contribution in [3.05, 3.63) is 35.8 Å². The predicted octanol–water partition coefficient (Wildman–Crippen LogP) is 2.00. The van der Waals surface area contributed by atoms with Gasteiger partial charge in [0.25, 0.3) is 0 Å². The molecule has 2 N–H and O–H groups in total. The lowest BCUT2D eigenvalue weighted by Gasteiger charge is -2.19. The lowest BCUT2D eigenvalue weighted by Crippen LogP contribution is -2.32. The molecule has 1 atom stereocenters. The Kier molecular flexibility index (Phi) is 2.69. The average molecular weight is 223 g/mol. The minimum absolute atomic E-state index is 0.189. The van der Waals surface area contributed by atoms with Crippen LogP contribution in [0.1, 0.15) is 12.7 Å². The Morgan fingerprint density at radius 1 is 1.50 bits per heavy atom. The summed E-state index contributed by atoms with van der Waals surface area (Å²) in [6.45, 7) is 1.97. The molecule has 1 aromatic carbocycles. The van der Waals surface area contributed by atoms with Crippen molar-refractivity contribution in [3.8, 4) is 0 Å². The fourth-order valence-corrected chi connectivity index (χ4v) is 1.72. The maximum atomic E-state index is 13.4. The van der Waals surface area contributed by atoms with Crippen molar-refractivity contribution in [2.24, 2.45) is 0 Å². The SMILES string of the molecule is CNCC(C)(O)c1cc2cccc(F)c2o1. The van der Waals surface area contributed by atoms with Crippen molar-refractivity contribution in [3.63, 3.8) is 0 Å². The van der Waals surface area contributed by atoms with Crippen LogP contribution in [0, 0.1) is 5.82 Å². The van der Waals surface area contributed by atoms with E-state index in [1.54, 1.807) is 32.2 Å². The van der Waals surface area contributed by atoms with E-state index in [-0.39, 0.29) is 5.58 Å². The number of rotatable bonds is 3. The van der Waals surface area contributed by atoms with E-state index in [0.717, 1.165) is 0 Å². The lowest BCUT2D eigenvalue weighted by molar-refractivity contribution is 0.0377. The molecular weight excluding hydrogens is 209 g/mol. The number of halogens is 1. The second-order valence-corrected chi connectivity index (χ2v) is 4.07. The molecule has 0 radical (unpaired) electrons. The molecule has 0 fully saturated rings.